The molecule has 0 aromatic heterocycles. The molecule has 1 rings (SSSR count). The third kappa shape index (κ3) is 2.96. The Bertz CT molecular complexity index is 196. The zero-order valence-electron chi connectivity index (χ0n) is 8.40. The van der Waals surface area contributed by atoms with Crippen molar-refractivity contribution < 1.29 is 0 Å². The summed E-state index contributed by atoms with van der Waals surface area (Å²) in [6.07, 6.45) is 1.19. The second-order valence-electron chi connectivity index (χ2n) is 3.90. The van der Waals surface area contributed by atoms with Crippen LogP contribution >= 0.6 is 0 Å². The lowest BCUT2D eigenvalue weighted by Gasteiger charge is -2.20. The maximum Gasteiger partial charge on any atom is 0.106 e. The second-order valence-corrected chi connectivity index (χ2v) is 3.90. The molecule has 2 atom stereocenters. The lowest BCUT2D eigenvalue weighted by atomic mass is 10.2. The smallest absolute Gasteiger partial charge is 0.106 e. The molecule has 74 valence electrons. The first-order valence-electron chi connectivity index (χ1n) is 4.67. The van der Waals surface area contributed by atoms with Gasteiger partial charge in [-0.25, -0.2) is 0 Å². The van der Waals surface area contributed by atoms with E-state index in [2.05, 4.69) is 30.0 Å². The predicted molar refractivity (Wildman–Crippen MR) is 52.1 cm³/mol. The predicted octanol–water partition coefficient (Wildman–Crippen LogP) is -0.527. The zero-order chi connectivity index (χ0) is 9.84. The first-order chi connectivity index (χ1) is 6.13. The highest BCUT2D eigenvalue weighted by atomic mass is 15.2. The van der Waals surface area contributed by atoms with Gasteiger partial charge in [0.25, 0.3) is 0 Å². The highest BCUT2D eigenvalue weighted by molar-refractivity contribution is 4.91. The molecule has 2 N–H and O–H groups in total. The summed E-state index contributed by atoms with van der Waals surface area (Å²) in [4.78, 5) is 4.50. The SMILES string of the molecule is CN(C)C1CCN(CC(N)C#N)C1. The molecule has 13 heavy (non-hydrogen) atoms. The number of likely N-dealkylation sites (N-methyl/N-ethyl adjacent to an activating group) is 1. The van der Waals surface area contributed by atoms with E-state index in [9.17, 15) is 0 Å². The van der Waals surface area contributed by atoms with Crippen LogP contribution in [0.25, 0.3) is 0 Å². The minimum absolute atomic E-state index is 0.332. The van der Waals surface area contributed by atoms with E-state index in [-0.39, 0.29) is 6.04 Å². The highest BCUT2D eigenvalue weighted by Gasteiger charge is 2.24. The van der Waals surface area contributed by atoms with Crippen molar-refractivity contribution in [3.8, 4) is 6.07 Å². The van der Waals surface area contributed by atoms with Gasteiger partial charge < -0.3 is 10.6 Å². The Kier molecular flexibility index (Phi) is 3.67. The minimum atomic E-state index is -0.332. The van der Waals surface area contributed by atoms with Crippen molar-refractivity contribution in [1.82, 2.24) is 9.80 Å². The molecule has 0 amide bonds. The average molecular weight is 182 g/mol. The van der Waals surface area contributed by atoms with Crippen molar-refractivity contribution in [1.29, 1.82) is 5.26 Å². The van der Waals surface area contributed by atoms with Gasteiger partial charge in [-0.15, -0.1) is 0 Å². The number of nitriles is 1. The van der Waals surface area contributed by atoms with E-state index in [0.29, 0.717) is 12.6 Å². The van der Waals surface area contributed by atoms with Crippen LogP contribution in [-0.4, -0.2) is 55.6 Å². The van der Waals surface area contributed by atoms with Crippen LogP contribution in [0.15, 0.2) is 0 Å². The van der Waals surface area contributed by atoms with Crippen LogP contribution in [0.1, 0.15) is 6.42 Å². The molecule has 0 aromatic rings. The number of hydrogen-bond donors (Lipinski definition) is 1. The van der Waals surface area contributed by atoms with Gasteiger partial charge in [0.15, 0.2) is 0 Å². The van der Waals surface area contributed by atoms with Crippen LogP contribution < -0.4 is 5.73 Å². The lowest BCUT2D eigenvalue weighted by molar-refractivity contribution is 0.266. The molecule has 1 fully saturated rings. The molecule has 1 aliphatic heterocycles. The molecule has 1 saturated heterocycles. The summed E-state index contributed by atoms with van der Waals surface area (Å²) < 4.78 is 0. The van der Waals surface area contributed by atoms with E-state index in [1.54, 1.807) is 0 Å². The van der Waals surface area contributed by atoms with Crippen LogP contribution in [0.5, 0.6) is 0 Å². The van der Waals surface area contributed by atoms with E-state index in [0.717, 1.165) is 13.1 Å². The van der Waals surface area contributed by atoms with Crippen LogP contribution in [0.3, 0.4) is 0 Å². The molecule has 1 aliphatic rings. The monoisotopic (exact) mass is 182 g/mol. The van der Waals surface area contributed by atoms with Crippen molar-refractivity contribution in [2.75, 3.05) is 33.7 Å². The largest absolute Gasteiger partial charge is 0.315 e. The van der Waals surface area contributed by atoms with Crippen molar-refractivity contribution >= 4 is 0 Å². The molecular weight excluding hydrogens is 164 g/mol. The Balaban J connectivity index is 2.30. The normalized spacial score (nSPS) is 26.2. The van der Waals surface area contributed by atoms with Crippen LogP contribution in [-0.2, 0) is 0 Å². The summed E-state index contributed by atoms with van der Waals surface area (Å²) in [5, 5.41) is 8.56. The van der Waals surface area contributed by atoms with Crippen molar-refractivity contribution in [2.24, 2.45) is 5.73 Å². The summed E-state index contributed by atoms with van der Waals surface area (Å²) >= 11 is 0. The van der Waals surface area contributed by atoms with Gasteiger partial charge in [0.2, 0.25) is 0 Å². The van der Waals surface area contributed by atoms with Gasteiger partial charge >= 0.3 is 0 Å². The fourth-order valence-corrected chi connectivity index (χ4v) is 1.72. The lowest BCUT2D eigenvalue weighted by Crippen LogP contribution is -2.37. The Morgan fingerprint density at radius 3 is 2.85 bits per heavy atom. The Hall–Kier alpha value is -0.630. The molecule has 0 aliphatic carbocycles. The van der Waals surface area contributed by atoms with E-state index < -0.39 is 0 Å². The van der Waals surface area contributed by atoms with Gasteiger partial charge in [-0.3, -0.25) is 4.90 Å². The molecule has 2 unspecified atom stereocenters. The third-order valence-corrected chi connectivity index (χ3v) is 2.60. The van der Waals surface area contributed by atoms with Gasteiger partial charge in [0, 0.05) is 19.1 Å². The number of rotatable bonds is 3. The molecule has 4 heteroatoms. The maximum atomic E-state index is 8.56. The van der Waals surface area contributed by atoms with Gasteiger partial charge in [-0.05, 0) is 27.1 Å². The summed E-state index contributed by atoms with van der Waals surface area (Å²) in [6.45, 7) is 2.82. The summed E-state index contributed by atoms with van der Waals surface area (Å²) in [5.74, 6) is 0. The first-order valence-corrected chi connectivity index (χ1v) is 4.67. The van der Waals surface area contributed by atoms with Gasteiger partial charge in [0.05, 0.1) is 6.07 Å². The van der Waals surface area contributed by atoms with Crippen LogP contribution in [0.4, 0.5) is 0 Å². The minimum Gasteiger partial charge on any atom is -0.315 e. The molecule has 1 heterocycles. The first kappa shape index (κ1) is 10.5. The molecule has 0 saturated carbocycles. The van der Waals surface area contributed by atoms with Gasteiger partial charge in [0.1, 0.15) is 6.04 Å². The third-order valence-electron chi connectivity index (χ3n) is 2.60. The van der Waals surface area contributed by atoms with Crippen molar-refractivity contribution in [3.05, 3.63) is 0 Å². The fourth-order valence-electron chi connectivity index (χ4n) is 1.72. The number of likely N-dealkylation sites (tertiary alicyclic amines) is 1. The number of nitrogens with zero attached hydrogens (tertiary/aromatic N) is 3. The molecular formula is C9H18N4. The van der Waals surface area contributed by atoms with Crippen molar-refractivity contribution in [3.63, 3.8) is 0 Å². The maximum absolute atomic E-state index is 8.56. The molecule has 0 radical (unpaired) electrons. The second kappa shape index (κ2) is 4.56. The Labute approximate surface area is 79.9 Å². The van der Waals surface area contributed by atoms with Crippen LogP contribution in [0, 0.1) is 11.3 Å². The summed E-state index contributed by atoms with van der Waals surface area (Å²) in [5.41, 5.74) is 5.56. The zero-order valence-corrected chi connectivity index (χ0v) is 8.40. The average Bonchev–Trinajstić information content (AvgIpc) is 2.52. The van der Waals surface area contributed by atoms with Crippen LogP contribution in [0.2, 0.25) is 0 Å². The Morgan fingerprint density at radius 2 is 2.38 bits per heavy atom. The van der Waals surface area contributed by atoms with Crippen molar-refractivity contribution in [2.45, 2.75) is 18.5 Å². The van der Waals surface area contributed by atoms with Gasteiger partial charge in [-0.1, -0.05) is 0 Å². The topological polar surface area (TPSA) is 56.3 Å². The quantitative estimate of drug-likeness (QED) is 0.637. The van der Waals surface area contributed by atoms with E-state index in [4.69, 9.17) is 11.0 Å². The number of nitrogens with two attached hydrogens (primary N) is 1. The standard InChI is InChI=1S/C9H18N4/c1-12(2)9-3-4-13(7-9)6-8(11)5-10/h8-9H,3-4,6-7,11H2,1-2H3. The van der Waals surface area contributed by atoms with E-state index in [1.165, 1.54) is 6.42 Å². The Morgan fingerprint density at radius 1 is 1.69 bits per heavy atom. The summed E-state index contributed by atoms with van der Waals surface area (Å²) in [6, 6.07) is 2.36. The molecule has 0 spiro atoms. The van der Waals surface area contributed by atoms with E-state index >= 15 is 0 Å². The number of hydrogen-bond acceptors (Lipinski definition) is 4. The molecule has 4 nitrogen and oxygen atoms in total. The fraction of sp³-hybridized carbons (Fsp3) is 0.889. The molecule has 0 aromatic carbocycles. The highest BCUT2D eigenvalue weighted by Crippen LogP contribution is 2.12. The van der Waals surface area contributed by atoms with Gasteiger partial charge in [-0.2, -0.15) is 5.26 Å². The van der Waals surface area contributed by atoms with E-state index in [1.807, 2.05) is 0 Å². The summed E-state index contributed by atoms with van der Waals surface area (Å²) in [7, 11) is 4.19. The molecule has 0 bridgehead atoms.